The lowest BCUT2D eigenvalue weighted by Gasteiger charge is -2.06. The first-order valence-electron chi connectivity index (χ1n) is 7.41. The van der Waals surface area contributed by atoms with E-state index in [-0.39, 0.29) is 18.4 Å². The number of furan rings is 1. The van der Waals surface area contributed by atoms with Gasteiger partial charge in [-0.25, -0.2) is 5.43 Å². The summed E-state index contributed by atoms with van der Waals surface area (Å²) in [6, 6.07) is 10.8. The minimum Gasteiger partial charge on any atom is -0.455 e. The monoisotopic (exact) mass is 347 g/mol. The summed E-state index contributed by atoms with van der Waals surface area (Å²) in [4.78, 5) is 23.0. The van der Waals surface area contributed by atoms with Gasteiger partial charge in [0.2, 0.25) is 11.8 Å². The van der Waals surface area contributed by atoms with Gasteiger partial charge in [-0.3, -0.25) is 9.59 Å². The SMILES string of the molecule is CC(C)NC(=O)CC(=O)N/N=C\c1ccc(-c2cccc(Cl)c2)o1. The Balaban J connectivity index is 1.89. The molecule has 0 saturated heterocycles. The highest BCUT2D eigenvalue weighted by Gasteiger charge is 2.09. The Hall–Kier alpha value is -2.60. The Bertz CT molecular complexity index is 753. The average Bonchev–Trinajstić information content (AvgIpc) is 2.95. The van der Waals surface area contributed by atoms with Crippen molar-refractivity contribution in [2.75, 3.05) is 0 Å². The van der Waals surface area contributed by atoms with E-state index in [0.29, 0.717) is 16.5 Å². The van der Waals surface area contributed by atoms with Crippen molar-refractivity contribution in [2.24, 2.45) is 5.10 Å². The topological polar surface area (TPSA) is 83.7 Å². The molecule has 0 radical (unpaired) electrons. The van der Waals surface area contributed by atoms with Gasteiger partial charge in [-0.05, 0) is 38.1 Å². The fourth-order valence-electron chi connectivity index (χ4n) is 1.95. The second-order valence-corrected chi connectivity index (χ2v) is 5.84. The van der Waals surface area contributed by atoms with Gasteiger partial charge in [0.05, 0.1) is 6.21 Å². The van der Waals surface area contributed by atoms with Crippen molar-refractivity contribution >= 4 is 29.6 Å². The van der Waals surface area contributed by atoms with Crippen molar-refractivity contribution in [1.82, 2.24) is 10.7 Å². The van der Waals surface area contributed by atoms with Gasteiger partial charge in [0, 0.05) is 16.6 Å². The molecule has 2 aromatic rings. The zero-order valence-corrected chi connectivity index (χ0v) is 14.1. The minimum atomic E-state index is -0.494. The summed E-state index contributed by atoms with van der Waals surface area (Å²) < 4.78 is 5.60. The molecular weight excluding hydrogens is 330 g/mol. The number of nitrogens with zero attached hydrogens (tertiary/aromatic N) is 1. The number of rotatable bonds is 6. The first kappa shape index (κ1) is 17.7. The van der Waals surface area contributed by atoms with Crippen LogP contribution in [0.2, 0.25) is 5.02 Å². The zero-order chi connectivity index (χ0) is 17.5. The number of benzene rings is 1. The van der Waals surface area contributed by atoms with Crippen LogP contribution in [0.3, 0.4) is 0 Å². The lowest BCUT2D eigenvalue weighted by atomic mass is 10.2. The normalized spacial score (nSPS) is 11.0. The molecule has 126 valence electrons. The fourth-order valence-corrected chi connectivity index (χ4v) is 2.14. The molecular formula is C17H18ClN3O3. The van der Waals surface area contributed by atoms with Crippen LogP contribution in [-0.4, -0.2) is 24.1 Å². The van der Waals surface area contributed by atoms with Crippen molar-refractivity contribution in [1.29, 1.82) is 0 Å². The molecule has 2 N–H and O–H groups in total. The maximum absolute atomic E-state index is 11.6. The van der Waals surface area contributed by atoms with E-state index in [9.17, 15) is 9.59 Å². The predicted molar refractivity (Wildman–Crippen MR) is 92.8 cm³/mol. The van der Waals surface area contributed by atoms with Crippen molar-refractivity contribution < 1.29 is 14.0 Å². The van der Waals surface area contributed by atoms with Gasteiger partial charge < -0.3 is 9.73 Å². The molecule has 0 unspecified atom stereocenters. The third kappa shape index (κ3) is 5.55. The summed E-state index contributed by atoms with van der Waals surface area (Å²) in [6.07, 6.45) is 1.09. The molecule has 0 aliphatic carbocycles. The van der Waals surface area contributed by atoms with Crippen LogP contribution in [0, 0.1) is 0 Å². The van der Waals surface area contributed by atoms with Gasteiger partial charge in [0.1, 0.15) is 17.9 Å². The lowest BCUT2D eigenvalue weighted by molar-refractivity contribution is -0.129. The highest BCUT2D eigenvalue weighted by molar-refractivity contribution is 6.30. The summed E-state index contributed by atoms with van der Waals surface area (Å²) in [7, 11) is 0. The highest BCUT2D eigenvalue weighted by Crippen LogP contribution is 2.24. The van der Waals surface area contributed by atoms with Crippen molar-refractivity contribution in [3.63, 3.8) is 0 Å². The van der Waals surface area contributed by atoms with Gasteiger partial charge in [-0.2, -0.15) is 5.10 Å². The van der Waals surface area contributed by atoms with Gasteiger partial charge in [0.15, 0.2) is 0 Å². The van der Waals surface area contributed by atoms with Crippen LogP contribution in [0.4, 0.5) is 0 Å². The van der Waals surface area contributed by atoms with E-state index in [1.54, 1.807) is 24.3 Å². The Morgan fingerprint density at radius 1 is 1.25 bits per heavy atom. The van der Waals surface area contributed by atoms with Gasteiger partial charge >= 0.3 is 0 Å². The number of hydrogen-bond donors (Lipinski definition) is 2. The van der Waals surface area contributed by atoms with Crippen LogP contribution in [0.15, 0.2) is 45.9 Å². The maximum Gasteiger partial charge on any atom is 0.249 e. The molecule has 0 aliphatic heterocycles. The van der Waals surface area contributed by atoms with Crippen molar-refractivity contribution in [3.05, 3.63) is 47.2 Å². The molecule has 0 spiro atoms. The number of nitrogens with one attached hydrogen (secondary N) is 2. The van der Waals surface area contributed by atoms with E-state index < -0.39 is 5.91 Å². The van der Waals surface area contributed by atoms with Crippen LogP contribution in [0.25, 0.3) is 11.3 Å². The largest absolute Gasteiger partial charge is 0.455 e. The molecule has 1 heterocycles. The molecule has 0 saturated carbocycles. The number of amides is 2. The van der Waals surface area contributed by atoms with E-state index in [0.717, 1.165) is 5.56 Å². The molecule has 0 aliphatic rings. The van der Waals surface area contributed by atoms with Gasteiger partial charge in [-0.1, -0.05) is 23.7 Å². The van der Waals surface area contributed by atoms with Gasteiger partial charge in [0.25, 0.3) is 0 Å². The van der Waals surface area contributed by atoms with Crippen LogP contribution in [-0.2, 0) is 9.59 Å². The third-order valence-electron chi connectivity index (χ3n) is 2.89. The third-order valence-corrected chi connectivity index (χ3v) is 3.12. The summed E-state index contributed by atoms with van der Waals surface area (Å²) in [5.74, 6) is 0.267. The van der Waals surface area contributed by atoms with E-state index in [1.807, 2.05) is 26.0 Å². The smallest absolute Gasteiger partial charge is 0.249 e. The van der Waals surface area contributed by atoms with Crippen molar-refractivity contribution in [2.45, 2.75) is 26.3 Å². The highest BCUT2D eigenvalue weighted by atomic mass is 35.5. The lowest BCUT2D eigenvalue weighted by Crippen LogP contribution is -2.34. The van der Waals surface area contributed by atoms with Crippen LogP contribution < -0.4 is 10.7 Å². The first-order chi connectivity index (χ1) is 11.4. The van der Waals surface area contributed by atoms with Gasteiger partial charge in [-0.15, -0.1) is 0 Å². The Kier molecular flexibility index (Phi) is 6.14. The number of hydrazone groups is 1. The minimum absolute atomic E-state index is 0.0122. The molecule has 0 atom stereocenters. The molecule has 2 amide bonds. The second-order valence-electron chi connectivity index (χ2n) is 5.40. The predicted octanol–water partition coefficient (Wildman–Crippen LogP) is 2.96. The summed E-state index contributed by atoms with van der Waals surface area (Å²) in [6.45, 7) is 3.64. The Morgan fingerprint density at radius 2 is 2.04 bits per heavy atom. The Morgan fingerprint density at radius 3 is 2.75 bits per heavy atom. The molecule has 1 aromatic heterocycles. The van der Waals surface area contributed by atoms with E-state index in [1.165, 1.54) is 6.21 Å². The summed E-state index contributed by atoms with van der Waals surface area (Å²) in [5.41, 5.74) is 3.13. The molecule has 0 fully saturated rings. The summed E-state index contributed by atoms with van der Waals surface area (Å²) in [5, 5.41) is 7.02. The summed E-state index contributed by atoms with van der Waals surface area (Å²) >= 11 is 5.94. The van der Waals surface area contributed by atoms with Crippen molar-refractivity contribution in [3.8, 4) is 11.3 Å². The number of carbonyl (C=O) groups excluding carboxylic acids is 2. The van der Waals surface area contributed by atoms with E-state index >= 15 is 0 Å². The number of carbonyl (C=O) groups is 2. The molecule has 1 aromatic carbocycles. The first-order valence-corrected chi connectivity index (χ1v) is 7.79. The zero-order valence-electron chi connectivity index (χ0n) is 13.4. The van der Waals surface area contributed by atoms with Crippen LogP contribution >= 0.6 is 11.6 Å². The standard InChI is InChI=1S/C17H18ClN3O3/c1-11(2)20-16(22)9-17(23)21-19-10-14-6-7-15(24-14)12-4-3-5-13(18)8-12/h3-8,10-11H,9H2,1-2H3,(H,20,22)(H,21,23)/b19-10-. The Labute approximate surface area is 144 Å². The molecule has 7 heteroatoms. The second kappa shape index (κ2) is 8.31. The molecule has 0 bridgehead atoms. The number of hydrogen-bond acceptors (Lipinski definition) is 4. The molecule has 2 rings (SSSR count). The maximum atomic E-state index is 11.6. The molecule has 6 nitrogen and oxygen atoms in total. The van der Waals surface area contributed by atoms with E-state index in [4.69, 9.17) is 16.0 Å². The fraction of sp³-hybridized carbons (Fsp3) is 0.235. The van der Waals surface area contributed by atoms with Crippen LogP contribution in [0.1, 0.15) is 26.0 Å². The molecule has 24 heavy (non-hydrogen) atoms. The van der Waals surface area contributed by atoms with E-state index in [2.05, 4.69) is 15.8 Å². The number of halogens is 1. The quantitative estimate of drug-likeness (QED) is 0.478. The average molecular weight is 348 g/mol. The van der Waals surface area contributed by atoms with Crippen LogP contribution in [0.5, 0.6) is 0 Å².